The number of aryl methyl sites for hydroxylation is 1. The molecule has 138 valence electrons. The van der Waals surface area contributed by atoms with Crippen molar-refractivity contribution < 1.29 is 13.2 Å². The van der Waals surface area contributed by atoms with Crippen molar-refractivity contribution in [1.82, 2.24) is 19.3 Å². The van der Waals surface area contributed by atoms with Gasteiger partial charge in [0.1, 0.15) is 5.82 Å². The van der Waals surface area contributed by atoms with Crippen molar-refractivity contribution >= 4 is 32.7 Å². The number of fused-ring (bicyclic) bond motifs is 1. The van der Waals surface area contributed by atoms with E-state index in [9.17, 15) is 8.42 Å². The van der Waals surface area contributed by atoms with E-state index in [0.29, 0.717) is 28.8 Å². The van der Waals surface area contributed by atoms with Crippen molar-refractivity contribution in [3.8, 4) is 5.88 Å². The SMILES string of the molecule is CCn1c(C(C)NS(=O)(=O)c2ccc(Cl)cc2)nc2c(OC)nccc21. The highest BCUT2D eigenvalue weighted by molar-refractivity contribution is 7.89. The third kappa shape index (κ3) is 3.40. The number of nitrogens with one attached hydrogen (secondary N) is 1. The van der Waals surface area contributed by atoms with E-state index in [1.807, 2.05) is 17.6 Å². The van der Waals surface area contributed by atoms with Gasteiger partial charge in [-0.3, -0.25) is 0 Å². The Kier molecular flexibility index (Phi) is 5.17. The lowest BCUT2D eigenvalue weighted by molar-refractivity contribution is 0.402. The normalized spacial score (nSPS) is 13.1. The van der Waals surface area contributed by atoms with E-state index in [2.05, 4.69) is 14.7 Å². The zero-order chi connectivity index (χ0) is 18.9. The number of pyridine rings is 1. The fourth-order valence-corrected chi connectivity index (χ4v) is 4.15. The second kappa shape index (κ2) is 7.22. The molecule has 3 aromatic rings. The van der Waals surface area contributed by atoms with Gasteiger partial charge in [0.15, 0.2) is 5.52 Å². The van der Waals surface area contributed by atoms with E-state index >= 15 is 0 Å². The van der Waals surface area contributed by atoms with E-state index in [1.165, 1.54) is 19.2 Å². The molecular formula is C17H19ClN4O3S. The molecule has 0 fully saturated rings. The van der Waals surface area contributed by atoms with Crippen LogP contribution in [0.4, 0.5) is 0 Å². The molecule has 1 unspecified atom stereocenters. The third-order valence-corrected chi connectivity index (χ3v) is 5.82. The monoisotopic (exact) mass is 394 g/mol. The van der Waals surface area contributed by atoms with Gasteiger partial charge in [0.25, 0.3) is 0 Å². The smallest absolute Gasteiger partial charge is 0.241 e. The Bertz CT molecular complexity index is 1030. The fraction of sp³-hybridized carbons (Fsp3) is 0.294. The number of benzene rings is 1. The molecule has 3 rings (SSSR count). The number of rotatable bonds is 6. The molecule has 1 aromatic carbocycles. The average Bonchev–Trinajstić information content (AvgIpc) is 3.00. The summed E-state index contributed by atoms with van der Waals surface area (Å²) in [5.41, 5.74) is 1.44. The minimum atomic E-state index is -3.71. The van der Waals surface area contributed by atoms with Gasteiger partial charge in [0, 0.05) is 17.8 Å². The molecule has 1 N–H and O–H groups in total. The van der Waals surface area contributed by atoms with Crippen LogP contribution in [0.1, 0.15) is 25.7 Å². The summed E-state index contributed by atoms with van der Waals surface area (Å²) in [6, 6.07) is 7.29. The van der Waals surface area contributed by atoms with E-state index in [4.69, 9.17) is 16.3 Å². The molecule has 2 aromatic heterocycles. The van der Waals surface area contributed by atoms with Gasteiger partial charge in [-0.15, -0.1) is 0 Å². The molecule has 9 heteroatoms. The number of ether oxygens (including phenoxy) is 1. The average molecular weight is 395 g/mol. The van der Waals surface area contributed by atoms with Crippen molar-refractivity contribution in [1.29, 1.82) is 0 Å². The maximum absolute atomic E-state index is 12.6. The van der Waals surface area contributed by atoms with E-state index in [0.717, 1.165) is 5.52 Å². The molecular weight excluding hydrogens is 376 g/mol. The lowest BCUT2D eigenvalue weighted by Crippen LogP contribution is -2.28. The second-order valence-corrected chi connectivity index (χ2v) is 7.85. The molecule has 0 radical (unpaired) electrons. The molecule has 0 saturated carbocycles. The lowest BCUT2D eigenvalue weighted by Gasteiger charge is -2.15. The lowest BCUT2D eigenvalue weighted by atomic mass is 10.3. The summed E-state index contributed by atoms with van der Waals surface area (Å²) in [5, 5.41) is 0.476. The summed E-state index contributed by atoms with van der Waals surface area (Å²) in [6.07, 6.45) is 1.64. The van der Waals surface area contributed by atoms with Crippen LogP contribution in [0.25, 0.3) is 11.0 Å². The van der Waals surface area contributed by atoms with Crippen molar-refractivity contribution in [2.45, 2.75) is 31.3 Å². The molecule has 26 heavy (non-hydrogen) atoms. The van der Waals surface area contributed by atoms with E-state index in [-0.39, 0.29) is 4.90 Å². The molecule has 0 aliphatic carbocycles. The molecule has 0 aliphatic rings. The van der Waals surface area contributed by atoms with Crippen LogP contribution in [-0.2, 0) is 16.6 Å². The summed E-state index contributed by atoms with van der Waals surface area (Å²) in [4.78, 5) is 8.87. The maximum atomic E-state index is 12.6. The van der Waals surface area contributed by atoms with Gasteiger partial charge < -0.3 is 9.30 Å². The highest BCUT2D eigenvalue weighted by Gasteiger charge is 2.23. The minimum absolute atomic E-state index is 0.146. The molecule has 0 saturated heterocycles. The van der Waals surface area contributed by atoms with Crippen molar-refractivity contribution in [3.05, 3.63) is 47.4 Å². The molecule has 0 spiro atoms. The van der Waals surface area contributed by atoms with Crippen molar-refractivity contribution in [2.75, 3.05) is 7.11 Å². The molecule has 0 aliphatic heterocycles. The Labute approximate surface area is 157 Å². The Hall–Kier alpha value is -2.16. The summed E-state index contributed by atoms with van der Waals surface area (Å²) < 4.78 is 35.1. The number of methoxy groups -OCH3 is 1. The van der Waals surface area contributed by atoms with Gasteiger partial charge in [-0.2, -0.15) is 0 Å². The van der Waals surface area contributed by atoms with Crippen LogP contribution < -0.4 is 9.46 Å². The van der Waals surface area contributed by atoms with Crippen LogP contribution in [0.2, 0.25) is 5.02 Å². The Morgan fingerprint density at radius 3 is 2.58 bits per heavy atom. The first kappa shape index (κ1) is 18.6. The second-order valence-electron chi connectivity index (χ2n) is 5.70. The molecule has 7 nitrogen and oxygen atoms in total. The highest BCUT2D eigenvalue weighted by Crippen LogP contribution is 2.27. The number of aromatic nitrogens is 3. The number of sulfonamides is 1. The summed E-state index contributed by atoms with van der Waals surface area (Å²) in [7, 11) is -2.18. The molecule has 0 bridgehead atoms. The Balaban J connectivity index is 1.99. The molecule has 2 heterocycles. The van der Waals surface area contributed by atoms with Gasteiger partial charge in [-0.1, -0.05) is 11.6 Å². The highest BCUT2D eigenvalue weighted by atomic mass is 35.5. The predicted octanol–water partition coefficient (Wildman–Crippen LogP) is 3.15. The van der Waals surface area contributed by atoms with Crippen LogP contribution in [-0.4, -0.2) is 30.1 Å². The third-order valence-electron chi connectivity index (χ3n) is 4.02. The predicted molar refractivity (Wildman–Crippen MR) is 99.9 cm³/mol. The Morgan fingerprint density at radius 1 is 1.27 bits per heavy atom. The molecule has 0 amide bonds. The van der Waals surface area contributed by atoms with E-state index < -0.39 is 16.1 Å². The molecule has 1 atom stereocenters. The Morgan fingerprint density at radius 2 is 1.96 bits per heavy atom. The van der Waals surface area contributed by atoms with Gasteiger partial charge >= 0.3 is 0 Å². The van der Waals surface area contributed by atoms with Gasteiger partial charge in [0.2, 0.25) is 15.9 Å². The van der Waals surface area contributed by atoms with Crippen LogP contribution in [0, 0.1) is 0 Å². The van der Waals surface area contributed by atoms with Crippen LogP contribution in [0.3, 0.4) is 0 Å². The van der Waals surface area contributed by atoms with Gasteiger partial charge in [0.05, 0.1) is 23.6 Å². The van der Waals surface area contributed by atoms with Gasteiger partial charge in [-0.05, 0) is 44.2 Å². The van der Waals surface area contributed by atoms with Gasteiger partial charge in [-0.25, -0.2) is 23.1 Å². The quantitative estimate of drug-likeness (QED) is 0.694. The first-order valence-corrected chi connectivity index (χ1v) is 9.90. The zero-order valence-corrected chi connectivity index (χ0v) is 16.2. The van der Waals surface area contributed by atoms with Crippen molar-refractivity contribution in [2.24, 2.45) is 0 Å². The summed E-state index contributed by atoms with van der Waals surface area (Å²) >= 11 is 5.83. The number of nitrogens with zero attached hydrogens (tertiary/aromatic N) is 3. The number of hydrogen-bond donors (Lipinski definition) is 1. The summed E-state index contributed by atoms with van der Waals surface area (Å²) in [6.45, 7) is 4.35. The maximum Gasteiger partial charge on any atom is 0.241 e. The van der Waals surface area contributed by atoms with Crippen LogP contribution >= 0.6 is 11.6 Å². The zero-order valence-electron chi connectivity index (χ0n) is 14.6. The first-order chi connectivity index (χ1) is 12.4. The number of hydrogen-bond acceptors (Lipinski definition) is 5. The first-order valence-electron chi connectivity index (χ1n) is 8.04. The summed E-state index contributed by atoms with van der Waals surface area (Å²) in [5.74, 6) is 0.995. The van der Waals surface area contributed by atoms with Crippen molar-refractivity contribution in [3.63, 3.8) is 0 Å². The largest absolute Gasteiger partial charge is 0.479 e. The fourth-order valence-electron chi connectivity index (χ4n) is 2.83. The van der Waals surface area contributed by atoms with Crippen LogP contribution in [0.15, 0.2) is 41.4 Å². The van der Waals surface area contributed by atoms with Crippen LogP contribution in [0.5, 0.6) is 5.88 Å². The topological polar surface area (TPSA) is 86.1 Å². The number of halogens is 1. The minimum Gasteiger partial charge on any atom is -0.479 e. The standard InChI is InChI=1S/C17H19ClN4O3S/c1-4-22-14-9-10-19-17(25-3)15(14)20-16(22)11(2)21-26(23,24)13-7-5-12(18)6-8-13/h5-11,21H,4H2,1-3H3. The number of imidazole rings is 1. The van der Waals surface area contributed by atoms with E-state index in [1.54, 1.807) is 25.3 Å².